The number of thiazole rings is 1. The molecule has 0 saturated heterocycles. The summed E-state index contributed by atoms with van der Waals surface area (Å²) in [4.78, 5) is 27.9. The summed E-state index contributed by atoms with van der Waals surface area (Å²) in [5.74, 6) is -0.237. The van der Waals surface area contributed by atoms with Gasteiger partial charge in [0.1, 0.15) is 5.01 Å². The average Bonchev–Trinajstić information content (AvgIpc) is 3.06. The maximum absolute atomic E-state index is 12.3. The molecule has 0 aliphatic carbocycles. The molecule has 1 heterocycles. The van der Waals surface area contributed by atoms with E-state index in [1.165, 1.54) is 18.3 Å². The average molecular weight is 400 g/mol. The molecule has 2 aromatic carbocycles. The summed E-state index contributed by atoms with van der Waals surface area (Å²) in [7, 11) is 0. The van der Waals surface area contributed by atoms with E-state index < -0.39 is 0 Å². The van der Waals surface area contributed by atoms with Gasteiger partial charge in [-0.3, -0.25) is 9.59 Å². The van der Waals surface area contributed by atoms with E-state index >= 15 is 0 Å². The first-order chi connectivity index (χ1) is 12.9. The quantitative estimate of drug-likeness (QED) is 0.640. The van der Waals surface area contributed by atoms with Gasteiger partial charge in [0, 0.05) is 34.3 Å². The molecule has 3 rings (SSSR count). The van der Waals surface area contributed by atoms with E-state index in [1.807, 2.05) is 42.6 Å². The monoisotopic (exact) mass is 399 g/mol. The van der Waals surface area contributed by atoms with Gasteiger partial charge in [0.25, 0.3) is 0 Å². The first-order valence-corrected chi connectivity index (χ1v) is 9.55. The van der Waals surface area contributed by atoms with E-state index in [0.29, 0.717) is 10.7 Å². The van der Waals surface area contributed by atoms with Gasteiger partial charge in [0.15, 0.2) is 0 Å². The molecule has 0 fully saturated rings. The van der Waals surface area contributed by atoms with Gasteiger partial charge in [-0.05, 0) is 55.0 Å². The number of amides is 2. The van der Waals surface area contributed by atoms with E-state index in [-0.39, 0.29) is 18.2 Å². The molecule has 27 heavy (non-hydrogen) atoms. The number of hydrogen-bond acceptors (Lipinski definition) is 4. The van der Waals surface area contributed by atoms with Crippen molar-refractivity contribution in [1.29, 1.82) is 0 Å². The van der Waals surface area contributed by atoms with Crippen LogP contribution in [-0.4, -0.2) is 16.8 Å². The summed E-state index contributed by atoms with van der Waals surface area (Å²) < 4.78 is 0. The van der Waals surface area contributed by atoms with Gasteiger partial charge < -0.3 is 10.6 Å². The summed E-state index contributed by atoms with van der Waals surface area (Å²) in [6.07, 6.45) is 0.197. The van der Waals surface area contributed by atoms with Crippen molar-refractivity contribution in [3.63, 3.8) is 0 Å². The fraction of sp³-hybridized carbons (Fsp3) is 0.150. The van der Waals surface area contributed by atoms with Crippen LogP contribution < -0.4 is 10.6 Å². The molecule has 1 aromatic heterocycles. The Balaban J connectivity index is 1.65. The van der Waals surface area contributed by atoms with E-state index in [4.69, 9.17) is 11.6 Å². The minimum atomic E-state index is -0.127. The van der Waals surface area contributed by atoms with Crippen LogP contribution in [0.4, 0.5) is 11.4 Å². The lowest BCUT2D eigenvalue weighted by atomic mass is 10.2. The van der Waals surface area contributed by atoms with Gasteiger partial charge in [0.2, 0.25) is 11.8 Å². The van der Waals surface area contributed by atoms with Crippen molar-refractivity contribution in [3.05, 3.63) is 64.1 Å². The number of nitrogens with zero attached hydrogens (tertiary/aromatic N) is 1. The third-order valence-electron chi connectivity index (χ3n) is 3.81. The number of aryl methyl sites for hydroxylation is 1. The van der Waals surface area contributed by atoms with E-state index in [0.717, 1.165) is 27.5 Å². The van der Waals surface area contributed by atoms with Gasteiger partial charge >= 0.3 is 0 Å². The minimum Gasteiger partial charge on any atom is -0.326 e. The number of halogens is 1. The molecule has 0 aliphatic heterocycles. The number of benzene rings is 2. The first kappa shape index (κ1) is 19.1. The molecule has 0 bridgehead atoms. The highest BCUT2D eigenvalue weighted by molar-refractivity contribution is 7.13. The lowest BCUT2D eigenvalue weighted by Crippen LogP contribution is -2.15. The molecule has 2 N–H and O–H groups in total. The van der Waals surface area contributed by atoms with Gasteiger partial charge in [0.05, 0.1) is 12.1 Å². The second-order valence-corrected chi connectivity index (χ2v) is 7.38. The van der Waals surface area contributed by atoms with Gasteiger partial charge in [-0.15, -0.1) is 11.3 Å². The molecule has 0 unspecified atom stereocenters. The number of carbonyl (C=O) groups excluding carboxylic acids is 2. The van der Waals surface area contributed by atoms with Gasteiger partial charge in [-0.25, -0.2) is 4.98 Å². The Hall–Kier alpha value is -2.70. The number of aromatic nitrogens is 1. The lowest BCUT2D eigenvalue weighted by Gasteiger charge is -2.07. The number of nitrogens with one attached hydrogen (secondary N) is 2. The zero-order valence-corrected chi connectivity index (χ0v) is 16.4. The highest BCUT2D eigenvalue weighted by Gasteiger charge is 2.11. The second kappa shape index (κ2) is 8.33. The smallest absolute Gasteiger partial charge is 0.230 e. The lowest BCUT2D eigenvalue weighted by molar-refractivity contribution is -0.116. The SMILES string of the molecule is CC(=O)Nc1ccc(-c2nc(CC(=O)Nc3ccc(Cl)cc3C)cs2)cc1. The van der Waals surface area contributed by atoms with Crippen LogP contribution >= 0.6 is 22.9 Å². The number of carbonyl (C=O) groups is 2. The van der Waals surface area contributed by atoms with Crippen molar-refractivity contribution in [2.75, 3.05) is 10.6 Å². The van der Waals surface area contributed by atoms with Crippen molar-refractivity contribution in [3.8, 4) is 10.6 Å². The van der Waals surface area contributed by atoms with Crippen LogP contribution in [0.3, 0.4) is 0 Å². The zero-order chi connectivity index (χ0) is 19.4. The second-order valence-electron chi connectivity index (χ2n) is 6.09. The largest absolute Gasteiger partial charge is 0.326 e. The van der Waals surface area contributed by atoms with Crippen LogP contribution in [0.2, 0.25) is 5.02 Å². The summed E-state index contributed by atoms with van der Waals surface area (Å²) in [6.45, 7) is 3.37. The molecule has 2 amide bonds. The number of rotatable bonds is 5. The van der Waals surface area contributed by atoms with Crippen LogP contribution in [0, 0.1) is 6.92 Å². The van der Waals surface area contributed by atoms with Crippen LogP contribution in [0.15, 0.2) is 47.8 Å². The zero-order valence-electron chi connectivity index (χ0n) is 14.9. The summed E-state index contributed by atoms with van der Waals surface area (Å²) >= 11 is 7.42. The molecule has 3 aromatic rings. The third kappa shape index (κ3) is 5.15. The molecule has 0 atom stereocenters. The Bertz CT molecular complexity index is 983. The number of hydrogen-bond donors (Lipinski definition) is 2. The molecule has 5 nitrogen and oxygen atoms in total. The maximum Gasteiger partial charge on any atom is 0.230 e. The van der Waals surface area contributed by atoms with E-state index in [1.54, 1.807) is 12.1 Å². The van der Waals surface area contributed by atoms with Crippen LogP contribution in [0.5, 0.6) is 0 Å². The van der Waals surface area contributed by atoms with Gasteiger partial charge in [-0.1, -0.05) is 11.6 Å². The highest BCUT2D eigenvalue weighted by atomic mass is 35.5. The van der Waals surface area contributed by atoms with Crippen molar-refractivity contribution in [1.82, 2.24) is 4.98 Å². The molecule has 7 heteroatoms. The Kier molecular flexibility index (Phi) is 5.88. The summed E-state index contributed by atoms with van der Waals surface area (Å²) in [6, 6.07) is 12.8. The van der Waals surface area contributed by atoms with Crippen molar-refractivity contribution in [2.24, 2.45) is 0 Å². The molecule has 138 valence electrons. The standard InChI is InChI=1S/C20H18ClN3O2S/c1-12-9-15(21)5-8-18(12)24-19(26)10-17-11-27-20(23-17)14-3-6-16(7-4-14)22-13(2)25/h3-9,11H,10H2,1-2H3,(H,22,25)(H,24,26). The van der Waals surface area contributed by atoms with E-state index in [9.17, 15) is 9.59 Å². The van der Waals surface area contributed by atoms with Crippen LogP contribution in [0.25, 0.3) is 10.6 Å². The Morgan fingerprint density at radius 1 is 1.11 bits per heavy atom. The predicted octanol–water partition coefficient (Wildman–Crippen LogP) is 4.91. The van der Waals surface area contributed by atoms with Crippen LogP contribution in [-0.2, 0) is 16.0 Å². The fourth-order valence-corrected chi connectivity index (χ4v) is 3.60. The van der Waals surface area contributed by atoms with Crippen molar-refractivity contribution >= 4 is 46.1 Å². The predicted molar refractivity (Wildman–Crippen MR) is 110 cm³/mol. The maximum atomic E-state index is 12.3. The van der Waals surface area contributed by atoms with Crippen molar-refractivity contribution < 1.29 is 9.59 Å². The molecular weight excluding hydrogens is 382 g/mol. The fourth-order valence-electron chi connectivity index (χ4n) is 2.55. The first-order valence-electron chi connectivity index (χ1n) is 8.29. The molecule has 0 spiro atoms. The minimum absolute atomic E-state index is 0.110. The normalized spacial score (nSPS) is 10.5. The van der Waals surface area contributed by atoms with Gasteiger partial charge in [-0.2, -0.15) is 0 Å². The Labute approximate surface area is 166 Å². The topological polar surface area (TPSA) is 71.1 Å². The van der Waals surface area contributed by atoms with E-state index in [2.05, 4.69) is 15.6 Å². The molecule has 0 aliphatic rings. The van der Waals surface area contributed by atoms with Crippen LogP contribution in [0.1, 0.15) is 18.2 Å². The van der Waals surface area contributed by atoms with Crippen molar-refractivity contribution in [2.45, 2.75) is 20.3 Å². The Morgan fingerprint density at radius 3 is 2.52 bits per heavy atom. The third-order valence-corrected chi connectivity index (χ3v) is 4.98. The summed E-state index contributed by atoms with van der Waals surface area (Å²) in [5, 5.41) is 8.96. The Morgan fingerprint density at radius 2 is 1.85 bits per heavy atom. The highest BCUT2D eigenvalue weighted by Crippen LogP contribution is 2.26. The number of anilines is 2. The molecule has 0 radical (unpaired) electrons. The summed E-state index contributed by atoms with van der Waals surface area (Å²) in [5.41, 5.74) is 4.04. The molecular formula is C20H18ClN3O2S. The molecule has 0 saturated carbocycles.